The summed E-state index contributed by atoms with van der Waals surface area (Å²) in [5.41, 5.74) is 1.62. The molecule has 1 N–H and O–H groups in total. The molecule has 2 heterocycles. The summed E-state index contributed by atoms with van der Waals surface area (Å²) < 4.78 is 1.66. The van der Waals surface area contributed by atoms with E-state index in [0.29, 0.717) is 6.54 Å². The van der Waals surface area contributed by atoms with Gasteiger partial charge in [0.05, 0.1) is 11.4 Å². The zero-order chi connectivity index (χ0) is 9.42. The van der Waals surface area contributed by atoms with Gasteiger partial charge in [0.15, 0.2) is 0 Å². The Morgan fingerprint density at radius 1 is 1.69 bits per heavy atom. The van der Waals surface area contributed by atoms with Crippen LogP contribution in [0.4, 0.5) is 10.5 Å². The molecule has 70 valence electrons. The van der Waals surface area contributed by atoms with Gasteiger partial charge in [0, 0.05) is 19.8 Å². The lowest BCUT2D eigenvalue weighted by atomic mass is 10.1. The second-order valence-electron chi connectivity index (χ2n) is 3.17. The second-order valence-corrected chi connectivity index (χ2v) is 3.17. The molecular formula is C8H11N3O2. The Hall–Kier alpha value is -1.52. The number of carbonyl (C=O) groups is 1. The zero-order valence-electron chi connectivity index (χ0n) is 7.40. The predicted octanol–water partition coefficient (Wildman–Crippen LogP) is 0.851. The number of amides is 1. The summed E-state index contributed by atoms with van der Waals surface area (Å²) in [6.07, 6.45) is 2.59. The highest BCUT2D eigenvalue weighted by molar-refractivity contribution is 5.87. The Kier molecular flexibility index (Phi) is 1.72. The molecule has 0 aromatic carbocycles. The molecule has 1 aliphatic heterocycles. The highest BCUT2D eigenvalue weighted by Crippen LogP contribution is 2.25. The fourth-order valence-corrected chi connectivity index (χ4v) is 1.65. The number of hydrogen-bond acceptors (Lipinski definition) is 2. The van der Waals surface area contributed by atoms with Crippen molar-refractivity contribution in [2.45, 2.75) is 12.8 Å². The minimum absolute atomic E-state index is 0.577. The molecular weight excluding hydrogens is 170 g/mol. The van der Waals surface area contributed by atoms with Crippen molar-refractivity contribution in [3.8, 4) is 0 Å². The van der Waals surface area contributed by atoms with Crippen LogP contribution in [-0.4, -0.2) is 27.5 Å². The SMILES string of the molecule is Cn1cc2c(n1)CCCN2C(=O)O. The number of nitrogens with zero attached hydrogens (tertiary/aromatic N) is 3. The van der Waals surface area contributed by atoms with Crippen LogP contribution in [0, 0.1) is 0 Å². The van der Waals surface area contributed by atoms with Gasteiger partial charge in [0.1, 0.15) is 0 Å². The van der Waals surface area contributed by atoms with Crippen LogP contribution >= 0.6 is 0 Å². The van der Waals surface area contributed by atoms with Crippen molar-refractivity contribution in [1.29, 1.82) is 0 Å². The van der Waals surface area contributed by atoms with Crippen molar-refractivity contribution in [3.63, 3.8) is 0 Å². The molecule has 0 fully saturated rings. The van der Waals surface area contributed by atoms with E-state index >= 15 is 0 Å². The number of carboxylic acid groups (broad SMARTS) is 1. The van der Waals surface area contributed by atoms with Crippen molar-refractivity contribution in [2.75, 3.05) is 11.4 Å². The Morgan fingerprint density at radius 2 is 2.46 bits per heavy atom. The van der Waals surface area contributed by atoms with Crippen LogP contribution < -0.4 is 4.90 Å². The molecule has 0 saturated heterocycles. The molecule has 0 bridgehead atoms. The first-order valence-corrected chi connectivity index (χ1v) is 4.21. The molecule has 0 radical (unpaired) electrons. The van der Waals surface area contributed by atoms with Crippen LogP contribution in [-0.2, 0) is 13.5 Å². The lowest BCUT2D eigenvalue weighted by molar-refractivity contribution is 0.201. The molecule has 1 aromatic heterocycles. The number of hydrogen-bond donors (Lipinski definition) is 1. The van der Waals surface area contributed by atoms with E-state index in [0.717, 1.165) is 24.2 Å². The molecule has 5 heteroatoms. The average molecular weight is 181 g/mol. The van der Waals surface area contributed by atoms with Gasteiger partial charge in [-0.1, -0.05) is 0 Å². The summed E-state index contributed by atoms with van der Waals surface area (Å²) in [5, 5.41) is 13.1. The number of rotatable bonds is 0. The molecule has 2 rings (SSSR count). The zero-order valence-corrected chi connectivity index (χ0v) is 7.40. The van der Waals surface area contributed by atoms with Gasteiger partial charge in [-0.05, 0) is 12.8 Å². The molecule has 0 atom stereocenters. The number of aryl methyl sites for hydroxylation is 2. The summed E-state index contributed by atoms with van der Waals surface area (Å²) >= 11 is 0. The minimum Gasteiger partial charge on any atom is -0.465 e. The van der Waals surface area contributed by atoms with Crippen molar-refractivity contribution < 1.29 is 9.90 Å². The molecule has 1 amide bonds. The molecule has 5 nitrogen and oxygen atoms in total. The highest BCUT2D eigenvalue weighted by atomic mass is 16.4. The van der Waals surface area contributed by atoms with Gasteiger partial charge >= 0.3 is 6.09 Å². The number of aromatic nitrogens is 2. The van der Waals surface area contributed by atoms with E-state index in [9.17, 15) is 4.79 Å². The third-order valence-corrected chi connectivity index (χ3v) is 2.20. The van der Waals surface area contributed by atoms with Crippen LogP contribution in [0.25, 0.3) is 0 Å². The van der Waals surface area contributed by atoms with Gasteiger partial charge in [0.2, 0.25) is 0 Å². The maximum atomic E-state index is 10.8. The normalized spacial score (nSPS) is 15.6. The molecule has 0 saturated carbocycles. The van der Waals surface area contributed by atoms with Gasteiger partial charge in [-0.25, -0.2) is 4.79 Å². The predicted molar refractivity (Wildman–Crippen MR) is 46.9 cm³/mol. The van der Waals surface area contributed by atoms with Gasteiger partial charge in [-0.15, -0.1) is 0 Å². The lowest BCUT2D eigenvalue weighted by Crippen LogP contribution is -2.33. The summed E-state index contributed by atoms with van der Waals surface area (Å²) in [5.74, 6) is 0. The molecule has 0 spiro atoms. The number of fused-ring (bicyclic) bond motifs is 1. The summed E-state index contributed by atoms with van der Waals surface area (Å²) in [7, 11) is 1.80. The molecule has 1 aliphatic rings. The van der Waals surface area contributed by atoms with Crippen molar-refractivity contribution in [1.82, 2.24) is 9.78 Å². The smallest absolute Gasteiger partial charge is 0.411 e. The third-order valence-electron chi connectivity index (χ3n) is 2.20. The summed E-state index contributed by atoms with van der Waals surface area (Å²) in [4.78, 5) is 12.2. The fraction of sp³-hybridized carbons (Fsp3) is 0.500. The van der Waals surface area contributed by atoms with Crippen LogP contribution in [0.2, 0.25) is 0 Å². The molecule has 13 heavy (non-hydrogen) atoms. The van der Waals surface area contributed by atoms with E-state index in [2.05, 4.69) is 5.10 Å². The quantitative estimate of drug-likeness (QED) is 0.645. The van der Waals surface area contributed by atoms with E-state index < -0.39 is 6.09 Å². The van der Waals surface area contributed by atoms with Crippen LogP contribution in [0.15, 0.2) is 6.20 Å². The topological polar surface area (TPSA) is 58.4 Å². The maximum Gasteiger partial charge on any atom is 0.411 e. The van der Waals surface area contributed by atoms with Crippen LogP contribution in [0.3, 0.4) is 0 Å². The van der Waals surface area contributed by atoms with Gasteiger partial charge in [0.25, 0.3) is 0 Å². The fourth-order valence-electron chi connectivity index (χ4n) is 1.65. The Labute approximate surface area is 75.6 Å². The van der Waals surface area contributed by atoms with E-state index in [1.54, 1.807) is 17.9 Å². The van der Waals surface area contributed by atoms with E-state index in [1.807, 2.05) is 0 Å². The largest absolute Gasteiger partial charge is 0.465 e. The monoisotopic (exact) mass is 181 g/mol. The first-order chi connectivity index (χ1) is 6.18. The first-order valence-electron chi connectivity index (χ1n) is 4.21. The highest BCUT2D eigenvalue weighted by Gasteiger charge is 2.24. The average Bonchev–Trinajstić information content (AvgIpc) is 2.43. The van der Waals surface area contributed by atoms with Gasteiger partial charge in [-0.3, -0.25) is 9.58 Å². The molecule has 0 unspecified atom stereocenters. The Balaban J connectivity index is 2.41. The Morgan fingerprint density at radius 3 is 3.15 bits per heavy atom. The second kappa shape index (κ2) is 2.76. The van der Waals surface area contributed by atoms with Crippen molar-refractivity contribution in [2.24, 2.45) is 7.05 Å². The van der Waals surface area contributed by atoms with Crippen molar-refractivity contribution >= 4 is 11.8 Å². The summed E-state index contributed by atoms with van der Waals surface area (Å²) in [6.45, 7) is 0.577. The number of anilines is 1. The first kappa shape index (κ1) is 8.10. The lowest BCUT2D eigenvalue weighted by Gasteiger charge is -2.22. The maximum absolute atomic E-state index is 10.8. The van der Waals surface area contributed by atoms with E-state index in [-0.39, 0.29) is 0 Å². The molecule has 0 aliphatic carbocycles. The summed E-state index contributed by atoms with van der Waals surface area (Å²) in [6, 6.07) is 0. The van der Waals surface area contributed by atoms with Crippen LogP contribution in [0.5, 0.6) is 0 Å². The van der Waals surface area contributed by atoms with E-state index in [4.69, 9.17) is 5.11 Å². The minimum atomic E-state index is -0.894. The Bertz CT molecular complexity index is 345. The van der Waals surface area contributed by atoms with Gasteiger partial charge < -0.3 is 5.11 Å². The van der Waals surface area contributed by atoms with Gasteiger partial charge in [-0.2, -0.15) is 5.10 Å². The van der Waals surface area contributed by atoms with Crippen LogP contribution in [0.1, 0.15) is 12.1 Å². The standard InChI is InChI=1S/C8H11N3O2/c1-10-5-7-6(9-10)3-2-4-11(7)8(12)13/h5H,2-4H2,1H3,(H,12,13). The molecule has 1 aromatic rings. The van der Waals surface area contributed by atoms with Crippen molar-refractivity contribution in [3.05, 3.63) is 11.9 Å². The van der Waals surface area contributed by atoms with E-state index in [1.165, 1.54) is 4.90 Å². The third kappa shape index (κ3) is 1.26.